The second-order valence-electron chi connectivity index (χ2n) is 15.3. The second-order valence-corrected chi connectivity index (χ2v) is 15.3. The Morgan fingerprint density at radius 2 is 1.64 bits per heavy atom. The van der Waals surface area contributed by atoms with Gasteiger partial charge in [0.25, 0.3) is 5.91 Å². The number of rotatable bonds is 6. The summed E-state index contributed by atoms with van der Waals surface area (Å²) in [6.45, 7) is 14.5. The lowest BCUT2D eigenvalue weighted by Crippen LogP contribution is -2.56. The third-order valence-corrected chi connectivity index (χ3v) is 12.4. The number of carbonyl (C=O) groups excluding carboxylic acids is 2. The lowest BCUT2D eigenvalue weighted by Gasteiger charge is -2.55. The fourth-order valence-corrected chi connectivity index (χ4v) is 9.88. The Labute approximate surface area is 298 Å². The number of benzene rings is 1. The third-order valence-electron chi connectivity index (χ3n) is 12.4. The number of aliphatic hydroxyl groups excluding tert-OH is 3. The number of aliphatic hydroxyl groups is 3. The number of hydrogen-bond acceptors (Lipinski definition) is 9. The van der Waals surface area contributed by atoms with Gasteiger partial charge in [0.05, 0.1) is 29.8 Å². The molecule has 5 aliphatic rings. The number of phenolic OH excluding ortho intramolecular Hbond substituents is 2. The van der Waals surface area contributed by atoms with Gasteiger partial charge in [-0.1, -0.05) is 60.6 Å². The summed E-state index contributed by atoms with van der Waals surface area (Å²) in [7, 11) is 0. The standard InChI is InChI=1S/C37H51NO9.C2H6.CH4/c1-17-8-9-37(47-34(17)23-12-24(40)14-25(41)13-23)20(4)10-19(3)29(46-37)15-26-18(2)11-22-6-7-28(42)21(5)30(22)31(26)27(16-39)32-33(43)36(45)38-35(32)44;1-2;/h11-14,16-17,19-22,26-31,34,36,40-43,45H,6-10,15H2,1-5H3,(H,38,44);1-2H3;1H4/t17-,19-,20-,21-,22?,26+,27?,28+,29?,30?,31+,34-,36?,37+;;/m0../s1. The molecule has 6 rings (SSSR count). The molecule has 1 amide bonds. The van der Waals surface area contributed by atoms with E-state index in [4.69, 9.17) is 9.47 Å². The summed E-state index contributed by atoms with van der Waals surface area (Å²) in [4.78, 5) is 26.1. The van der Waals surface area contributed by atoms with Crippen molar-refractivity contribution in [3.8, 4) is 11.5 Å². The van der Waals surface area contributed by atoms with Crippen LogP contribution in [0.15, 0.2) is 41.2 Å². The Kier molecular flexibility index (Phi) is 12.6. The van der Waals surface area contributed by atoms with Gasteiger partial charge in [-0.25, -0.2) is 0 Å². The molecule has 0 radical (unpaired) electrons. The maximum atomic E-state index is 13.0. The fraction of sp³-hybridized carbons (Fsp3) is 0.700. The van der Waals surface area contributed by atoms with E-state index in [1.165, 1.54) is 6.07 Å². The van der Waals surface area contributed by atoms with Crippen molar-refractivity contribution in [1.82, 2.24) is 5.32 Å². The minimum Gasteiger partial charge on any atom is -0.508 e. The number of aromatic hydroxyl groups is 2. The molecule has 3 fully saturated rings. The van der Waals surface area contributed by atoms with E-state index in [-0.39, 0.29) is 72.0 Å². The largest absolute Gasteiger partial charge is 0.508 e. The summed E-state index contributed by atoms with van der Waals surface area (Å²) in [5, 5.41) is 54.9. The summed E-state index contributed by atoms with van der Waals surface area (Å²) < 4.78 is 14.0. The van der Waals surface area contributed by atoms with Gasteiger partial charge < -0.3 is 45.1 Å². The molecule has 280 valence electrons. The highest BCUT2D eigenvalue weighted by molar-refractivity contribution is 6.00. The first-order valence-corrected chi connectivity index (χ1v) is 18.4. The number of allylic oxidation sites excluding steroid dienone is 2. The molecule has 1 spiro atoms. The molecule has 1 aromatic rings. The Bertz CT molecular complexity index is 1420. The van der Waals surface area contributed by atoms with Crippen LogP contribution in [0.25, 0.3) is 0 Å². The Hall–Kier alpha value is -2.92. The number of nitrogens with one attached hydrogen (secondary N) is 1. The van der Waals surface area contributed by atoms with Crippen molar-refractivity contribution in [3.63, 3.8) is 0 Å². The van der Waals surface area contributed by atoms with E-state index >= 15 is 0 Å². The Balaban J connectivity index is 0.00000184. The van der Waals surface area contributed by atoms with Crippen LogP contribution < -0.4 is 5.32 Å². The number of fused-ring (bicyclic) bond motifs is 1. The zero-order valence-corrected chi connectivity index (χ0v) is 30.0. The normalized spacial score (nSPS) is 40.4. The van der Waals surface area contributed by atoms with Crippen LogP contribution in [-0.2, 0) is 19.1 Å². The van der Waals surface area contributed by atoms with Gasteiger partial charge in [-0.05, 0) is 98.1 Å². The van der Waals surface area contributed by atoms with Gasteiger partial charge in [0.1, 0.15) is 17.8 Å². The minimum absolute atomic E-state index is 0. The first kappa shape index (κ1) is 39.9. The highest BCUT2D eigenvalue weighted by Crippen LogP contribution is 2.56. The molecular formula is C40H61NO9. The molecule has 0 aromatic heterocycles. The maximum Gasteiger partial charge on any atom is 0.253 e. The lowest BCUT2D eigenvalue weighted by atomic mass is 9.53. The maximum absolute atomic E-state index is 13.0. The van der Waals surface area contributed by atoms with E-state index in [2.05, 4.69) is 39.1 Å². The van der Waals surface area contributed by atoms with Gasteiger partial charge in [-0.15, -0.1) is 0 Å². The fourth-order valence-electron chi connectivity index (χ4n) is 9.88. The number of amides is 1. The molecule has 14 atom stereocenters. The van der Waals surface area contributed by atoms with Gasteiger partial charge in [0, 0.05) is 18.4 Å². The van der Waals surface area contributed by atoms with Crippen LogP contribution in [0.1, 0.15) is 106 Å². The van der Waals surface area contributed by atoms with Crippen molar-refractivity contribution in [2.45, 2.75) is 125 Å². The number of carbonyl (C=O) groups is 2. The zero-order valence-electron chi connectivity index (χ0n) is 30.0. The predicted octanol–water partition coefficient (Wildman–Crippen LogP) is 6.69. The number of phenols is 2. The van der Waals surface area contributed by atoms with Gasteiger partial charge in [0.15, 0.2) is 17.8 Å². The summed E-state index contributed by atoms with van der Waals surface area (Å²) >= 11 is 0. The molecule has 1 saturated carbocycles. The average Bonchev–Trinajstić information content (AvgIpc) is 3.31. The van der Waals surface area contributed by atoms with Crippen molar-refractivity contribution in [2.24, 2.45) is 53.3 Å². The van der Waals surface area contributed by atoms with E-state index in [0.717, 1.165) is 31.1 Å². The summed E-state index contributed by atoms with van der Waals surface area (Å²) in [6.07, 6.45) is 4.58. The van der Waals surface area contributed by atoms with Crippen LogP contribution in [0.3, 0.4) is 0 Å². The third kappa shape index (κ3) is 7.23. The number of ether oxygens (including phenoxy) is 2. The van der Waals surface area contributed by atoms with Crippen LogP contribution in [-0.4, -0.2) is 61.9 Å². The topological polar surface area (TPSA) is 166 Å². The number of aldehydes is 1. The molecule has 0 bridgehead atoms. The highest BCUT2D eigenvalue weighted by Gasteiger charge is 2.55. The molecule has 2 aliphatic carbocycles. The molecule has 6 N–H and O–H groups in total. The smallest absolute Gasteiger partial charge is 0.253 e. The minimum atomic E-state index is -1.56. The lowest BCUT2D eigenvalue weighted by molar-refractivity contribution is -0.356. The van der Waals surface area contributed by atoms with Crippen molar-refractivity contribution in [2.75, 3.05) is 0 Å². The molecule has 50 heavy (non-hydrogen) atoms. The van der Waals surface area contributed by atoms with E-state index in [1.807, 2.05) is 20.8 Å². The average molecular weight is 700 g/mol. The molecular weight excluding hydrogens is 638 g/mol. The van der Waals surface area contributed by atoms with E-state index < -0.39 is 47.7 Å². The summed E-state index contributed by atoms with van der Waals surface area (Å²) in [6, 6.07) is 4.56. The van der Waals surface area contributed by atoms with Crippen LogP contribution in [0.5, 0.6) is 11.5 Å². The summed E-state index contributed by atoms with van der Waals surface area (Å²) in [5.41, 5.74) is 1.70. The van der Waals surface area contributed by atoms with Gasteiger partial charge in [0.2, 0.25) is 0 Å². The van der Waals surface area contributed by atoms with E-state index in [9.17, 15) is 35.1 Å². The monoisotopic (exact) mass is 699 g/mol. The van der Waals surface area contributed by atoms with Crippen molar-refractivity contribution in [1.29, 1.82) is 0 Å². The molecule has 10 heteroatoms. The van der Waals surface area contributed by atoms with Crippen molar-refractivity contribution < 1.29 is 44.6 Å². The van der Waals surface area contributed by atoms with Gasteiger partial charge in [-0.2, -0.15) is 0 Å². The Morgan fingerprint density at radius 1 is 0.980 bits per heavy atom. The molecule has 2 saturated heterocycles. The van der Waals surface area contributed by atoms with Crippen LogP contribution >= 0.6 is 0 Å². The van der Waals surface area contributed by atoms with Crippen LogP contribution in [0.4, 0.5) is 0 Å². The first-order chi connectivity index (χ1) is 23.2. The quantitative estimate of drug-likeness (QED) is 0.140. The molecule has 3 aliphatic heterocycles. The molecule has 5 unspecified atom stereocenters. The van der Waals surface area contributed by atoms with Gasteiger partial charge in [-0.3, -0.25) is 4.79 Å². The molecule has 1 aromatic carbocycles. The van der Waals surface area contributed by atoms with Crippen LogP contribution in [0.2, 0.25) is 0 Å². The van der Waals surface area contributed by atoms with Crippen molar-refractivity contribution >= 4 is 12.2 Å². The zero-order chi connectivity index (χ0) is 35.9. The van der Waals surface area contributed by atoms with Crippen LogP contribution in [0, 0.1) is 53.3 Å². The second kappa shape index (κ2) is 15.8. The predicted molar refractivity (Wildman–Crippen MR) is 191 cm³/mol. The Morgan fingerprint density at radius 3 is 2.24 bits per heavy atom. The highest BCUT2D eigenvalue weighted by atomic mass is 16.7. The first-order valence-electron chi connectivity index (χ1n) is 18.4. The van der Waals surface area contributed by atoms with E-state index in [0.29, 0.717) is 24.8 Å². The number of hydrogen-bond donors (Lipinski definition) is 6. The SMILES string of the molecule is C.CC.CC1=CC2CC[C@@H](O)[C@H](C)C2[C@@H](C(C=O)C2=C(O)C(O)NC2=O)[C@@H]1CC1O[C@@]2(CC[C@H](C)[C@@H](c3cc(O)cc(O)c3)O2)[C@@H](C)C[C@@H]1C. The van der Waals surface area contributed by atoms with E-state index in [1.54, 1.807) is 12.1 Å². The van der Waals surface area contributed by atoms with Crippen molar-refractivity contribution in [3.05, 3.63) is 46.7 Å². The summed E-state index contributed by atoms with van der Waals surface area (Å²) in [5.74, 6) is -3.54. The molecule has 10 nitrogen and oxygen atoms in total. The van der Waals surface area contributed by atoms with Gasteiger partial charge >= 0.3 is 0 Å². The molecule has 3 heterocycles.